The highest BCUT2D eigenvalue weighted by atomic mass is 16.4. The molecule has 256 valence electrons. The van der Waals surface area contributed by atoms with Gasteiger partial charge in [0.25, 0.3) is 5.97 Å². The molecule has 2 aliphatic carbocycles. The van der Waals surface area contributed by atoms with Crippen molar-refractivity contribution in [1.82, 2.24) is 15.5 Å². The van der Waals surface area contributed by atoms with Crippen LogP contribution in [0.15, 0.2) is 24.3 Å². The number of carbonyl (C=O) groups excluding carboxylic acids is 3. The van der Waals surface area contributed by atoms with E-state index in [2.05, 4.69) is 10.6 Å². The first-order chi connectivity index (χ1) is 21.9. The molecule has 0 bridgehead atoms. The van der Waals surface area contributed by atoms with E-state index in [1.807, 2.05) is 24.3 Å². The number of nitrogens with two attached hydrogens (primary N) is 3. The number of amides is 3. The standard InChI is InChI=1S/C31H50N8O3.C2H4O2/c32-28(33)24-15-13-21(14-16-24)18-25(23-10-5-2-6-11-23)30(42)39(19-22-8-3-1-4-9-22)20-27(40)38-26(29(34)41)12-7-17-37-31(35)36;1-2(3)4/h13-16,22-23,25-26H,1-12,17-20H2,(H3,32,33)(H2,34,41)(H,38,40)(H4,35,36,37);1H3,(H,3,4)/t25-,26+;/m1./s1. The number of rotatable bonds is 15. The van der Waals surface area contributed by atoms with Gasteiger partial charge in [-0.25, -0.2) is 0 Å². The number of hydrogen-bond acceptors (Lipinski definition) is 6. The molecule has 2 saturated carbocycles. The lowest BCUT2D eigenvalue weighted by Gasteiger charge is -2.36. The number of guanidine groups is 1. The summed E-state index contributed by atoms with van der Waals surface area (Å²) in [4.78, 5) is 50.5. The molecule has 0 aliphatic heterocycles. The number of benzene rings is 1. The Morgan fingerprint density at radius 1 is 0.935 bits per heavy atom. The van der Waals surface area contributed by atoms with Crippen molar-refractivity contribution < 1.29 is 24.3 Å². The quantitative estimate of drug-likeness (QED) is 0.0800. The molecule has 3 rings (SSSR count). The highest BCUT2D eigenvalue weighted by Gasteiger charge is 2.35. The number of nitrogens with zero attached hydrogens (tertiary/aromatic N) is 1. The third-order valence-electron chi connectivity index (χ3n) is 8.77. The van der Waals surface area contributed by atoms with Crippen LogP contribution in [-0.2, 0) is 25.6 Å². The van der Waals surface area contributed by atoms with E-state index in [9.17, 15) is 14.4 Å². The van der Waals surface area contributed by atoms with Gasteiger partial charge >= 0.3 is 0 Å². The Bertz CT molecular complexity index is 1160. The third-order valence-corrected chi connectivity index (χ3v) is 8.77. The van der Waals surface area contributed by atoms with E-state index >= 15 is 0 Å². The fourth-order valence-electron chi connectivity index (χ4n) is 6.44. The van der Waals surface area contributed by atoms with Gasteiger partial charge in [-0.05, 0) is 62.3 Å². The second-order valence-electron chi connectivity index (χ2n) is 12.6. The monoisotopic (exact) mass is 642 g/mol. The zero-order chi connectivity index (χ0) is 34.1. The summed E-state index contributed by atoms with van der Waals surface area (Å²) in [5.74, 6) is -1.68. The first-order valence-electron chi connectivity index (χ1n) is 16.5. The van der Waals surface area contributed by atoms with Gasteiger partial charge < -0.3 is 37.8 Å². The molecule has 0 saturated heterocycles. The van der Waals surface area contributed by atoms with E-state index in [1.54, 1.807) is 4.90 Å². The van der Waals surface area contributed by atoms with Crippen LogP contribution in [-0.4, -0.2) is 71.2 Å². The molecule has 3 amide bonds. The Kier molecular flexibility index (Phi) is 16.6. The van der Waals surface area contributed by atoms with Gasteiger partial charge in [-0.1, -0.05) is 62.8 Å². The van der Waals surface area contributed by atoms with Crippen LogP contribution in [0, 0.1) is 28.6 Å². The number of carboxylic acid groups (broad SMARTS) is 1. The number of amidine groups is 1. The highest BCUT2D eigenvalue weighted by Crippen LogP contribution is 2.34. The molecule has 2 aliphatic rings. The molecule has 1 aromatic carbocycles. The number of aliphatic carboxylic acids is 1. The second-order valence-corrected chi connectivity index (χ2v) is 12.6. The molecule has 46 heavy (non-hydrogen) atoms. The summed E-state index contributed by atoms with van der Waals surface area (Å²) in [6.07, 6.45) is 12.3. The predicted octanol–water partition coefficient (Wildman–Crippen LogP) is 2.44. The number of nitrogens with one attached hydrogen (secondary N) is 4. The Labute approximate surface area is 272 Å². The largest absolute Gasteiger partial charge is 0.481 e. The number of primary amides is 1. The van der Waals surface area contributed by atoms with Crippen molar-refractivity contribution in [3.63, 3.8) is 0 Å². The summed E-state index contributed by atoms with van der Waals surface area (Å²) < 4.78 is 0. The molecular weight excluding hydrogens is 588 g/mol. The topological polar surface area (TPSA) is 242 Å². The minimum Gasteiger partial charge on any atom is -0.481 e. The maximum absolute atomic E-state index is 14.4. The fraction of sp³-hybridized carbons (Fsp3) is 0.636. The van der Waals surface area contributed by atoms with Crippen molar-refractivity contribution in [1.29, 1.82) is 10.8 Å². The van der Waals surface area contributed by atoms with Gasteiger partial charge in [0, 0.05) is 31.5 Å². The van der Waals surface area contributed by atoms with Crippen molar-refractivity contribution >= 4 is 35.5 Å². The van der Waals surface area contributed by atoms with E-state index in [0.29, 0.717) is 43.8 Å². The zero-order valence-electron chi connectivity index (χ0n) is 27.2. The number of carbonyl (C=O) groups is 4. The molecule has 2 fully saturated rings. The maximum Gasteiger partial charge on any atom is 0.300 e. The van der Waals surface area contributed by atoms with Crippen LogP contribution in [0.4, 0.5) is 0 Å². The number of hydrogen-bond donors (Lipinski definition) is 8. The van der Waals surface area contributed by atoms with Crippen LogP contribution >= 0.6 is 0 Å². The SMILES string of the molecule is CC(=O)O.N=C(N)NCCC[C@H](NC(=O)CN(CC1CCCCC1)C(=O)[C@H](Cc1ccc(C(=N)N)cc1)C1CCCCC1)C(N)=O. The van der Waals surface area contributed by atoms with Gasteiger partial charge in [-0.15, -0.1) is 0 Å². The van der Waals surface area contributed by atoms with Crippen LogP contribution in [0.1, 0.15) is 95.1 Å². The fourth-order valence-corrected chi connectivity index (χ4v) is 6.44. The summed E-state index contributed by atoms with van der Waals surface area (Å²) in [5, 5.41) is 27.8. The average molecular weight is 643 g/mol. The van der Waals surface area contributed by atoms with E-state index in [1.165, 1.54) is 12.8 Å². The lowest BCUT2D eigenvalue weighted by Crippen LogP contribution is -2.51. The Hall–Kier alpha value is -4.16. The summed E-state index contributed by atoms with van der Waals surface area (Å²) in [6, 6.07) is 6.66. The Balaban J connectivity index is 0.00000173. The second kappa shape index (κ2) is 20.1. The first-order valence-corrected chi connectivity index (χ1v) is 16.5. The molecule has 11 N–H and O–H groups in total. The van der Waals surface area contributed by atoms with E-state index in [0.717, 1.165) is 63.9 Å². The van der Waals surface area contributed by atoms with Gasteiger partial charge in [-0.2, -0.15) is 0 Å². The van der Waals surface area contributed by atoms with Crippen LogP contribution in [0.3, 0.4) is 0 Å². The van der Waals surface area contributed by atoms with E-state index in [4.69, 9.17) is 37.9 Å². The maximum atomic E-state index is 14.4. The van der Waals surface area contributed by atoms with Crippen molar-refractivity contribution in [2.45, 2.75) is 96.4 Å². The van der Waals surface area contributed by atoms with Crippen molar-refractivity contribution in [3.05, 3.63) is 35.4 Å². The minimum absolute atomic E-state index is 0.000416. The average Bonchev–Trinajstić information content (AvgIpc) is 3.01. The molecule has 0 aromatic heterocycles. The Morgan fingerprint density at radius 2 is 1.50 bits per heavy atom. The normalized spacial score (nSPS) is 16.5. The molecule has 0 heterocycles. The van der Waals surface area contributed by atoms with Crippen LogP contribution in [0.25, 0.3) is 0 Å². The molecule has 1 aromatic rings. The summed E-state index contributed by atoms with van der Waals surface area (Å²) in [6.45, 7) is 1.89. The number of nitrogen functional groups attached to an aromatic ring is 1. The highest BCUT2D eigenvalue weighted by molar-refractivity contribution is 5.95. The molecule has 0 radical (unpaired) electrons. The molecular formula is C33H54N8O5. The first kappa shape index (κ1) is 38.0. The molecule has 0 unspecified atom stereocenters. The Morgan fingerprint density at radius 3 is 2.02 bits per heavy atom. The van der Waals surface area contributed by atoms with Gasteiger partial charge in [0.1, 0.15) is 11.9 Å². The lowest BCUT2D eigenvalue weighted by molar-refractivity contribution is -0.142. The van der Waals surface area contributed by atoms with Crippen LogP contribution < -0.4 is 27.8 Å². The minimum atomic E-state index is -0.869. The van der Waals surface area contributed by atoms with Crippen molar-refractivity contribution in [2.75, 3.05) is 19.6 Å². The van der Waals surface area contributed by atoms with Crippen molar-refractivity contribution in [3.8, 4) is 0 Å². The van der Waals surface area contributed by atoms with E-state index in [-0.39, 0.29) is 36.1 Å². The lowest BCUT2D eigenvalue weighted by atomic mass is 9.76. The van der Waals surface area contributed by atoms with Crippen LogP contribution in [0.2, 0.25) is 0 Å². The predicted molar refractivity (Wildman–Crippen MR) is 178 cm³/mol. The summed E-state index contributed by atoms with van der Waals surface area (Å²) in [7, 11) is 0. The zero-order valence-corrected chi connectivity index (χ0v) is 27.2. The van der Waals surface area contributed by atoms with Gasteiger partial charge in [-0.3, -0.25) is 30.0 Å². The summed E-state index contributed by atoms with van der Waals surface area (Å²) in [5.41, 5.74) is 18.2. The molecule has 13 heteroatoms. The van der Waals surface area contributed by atoms with Gasteiger partial charge in [0.05, 0.1) is 6.54 Å². The molecule has 13 nitrogen and oxygen atoms in total. The smallest absolute Gasteiger partial charge is 0.300 e. The van der Waals surface area contributed by atoms with Crippen LogP contribution in [0.5, 0.6) is 0 Å². The molecule has 0 spiro atoms. The number of carboxylic acids is 1. The molecule has 2 atom stereocenters. The third kappa shape index (κ3) is 14.3. The summed E-state index contributed by atoms with van der Waals surface area (Å²) >= 11 is 0. The van der Waals surface area contributed by atoms with Crippen molar-refractivity contribution in [2.24, 2.45) is 35.0 Å². The van der Waals surface area contributed by atoms with Gasteiger partial charge in [0.2, 0.25) is 17.7 Å². The van der Waals surface area contributed by atoms with Gasteiger partial charge in [0.15, 0.2) is 5.96 Å². The van der Waals surface area contributed by atoms with E-state index < -0.39 is 23.8 Å².